The van der Waals surface area contributed by atoms with E-state index in [1.807, 2.05) is 12.1 Å². The number of nitrogens with zero attached hydrogens (tertiary/aromatic N) is 2. The second kappa shape index (κ2) is 10.1. The Morgan fingerprint density at radius 1 is 0.667 bits per heavy atom. The molecule has 2 heterocycles. The first-order chi connectivity index (χ1) is 20.3. The number of anilines is 3. The summed E-state index contributed by atoms with van der Waals surface area (Å²) in [5, 5.41) is 1.12. The molecule has 206 valence electrons. The van der Waals surface area contributed by atoms with Crippen molar-refractivity contribution in [3.8, 4) is 22.4 Å². The molecule has 0 atom stereocenters. The molecule has 0 amide bonds. The van der Waals surface area contributed by atoms with Crippen molar-refractivity contribution in [3.63, 3.8) is 0 Å². The van der Waals surface area contributed by atoms with Crippen molar-refractivity contribution in [3.05, 3.63) is 132 Å². The van der Waals surface area contributed by atoms with Crippen molar-refractivity contribution >= 4 is 39.7 Å². The third-order valence-electron chi connectivity index (χ3n) is 8.02. The summed E-state index contributed by atoms with van der Waals surface area (Å²) >= 11 is 1.80. The minimum Gasteiger partial charge on any atom is -0.306 e. The number of halogens is 1. The van der Waals surface area contributed by atoms with E-state index in [2.05, 4.69) is 124 Å². The van der Waals surface area contributed by atoms with Gasteiger partial charge in [0.2, 0.25) is 0 Å². The number of aryl methyl sites for hydroxylation is 1. The second-order valence-electron chi connectivity index (χ2n) is 11.9. The molecule has 0 fully saturated rings. The molecule has 2 nitrogen and oxygen atoms in total. The molecule has 42 heavy (non-hydrogen) atoms. The predicted octanol–water partition coefficient (Wildman–Crippen LogP) is 11.2. The monoisotopic (exact) mass is 566 g/mol. The number of aromatic nitrogens is 1. The number of hydrogen-bond acceptors (Lipinski definition) is 3. The van der Waals surface area contributed by atoms with Crippen molar-refractivity contribution in [2.45, 2.75) is 42.9 Å². The summed E-state index contributed by atoms with van der Waals surface area (Å²) < 4.78 is 13.9. The third kappa shape index (κ3) is 4.56. The van der Waals surface area contributed by atoms with Gasteiger partial charge in [-0.1, -0.05) is 87.1 Å². The summed E-state index contributed by atoms with van der Waals surface area (Å²) in [4.78, 5) is 10.1. The second-order valence-corrected chi connectivity index (χ2v) is 13.0. The Balaban J connectivity index is 1.54. The van der Waals surface area contributed by atoms with Crippen LogP contribution in [0.2, 0.25) is 0 Å². The molecule has 7 rings (SSSR count). The molecular formula is C38H31FN2S. The maximum Gasteiger partial charge on any atom is 0.123 e. The van der Waals surface area contributed by atoms with E-state index in [0.29, 0.717) is 0 Å². The normalized spacial score (nSPS) is 12.7. The number of hydrogen-bond donors (Lipinski definition) is 0. The molecule has 1 aromatic heterocycles. The zero-order valence-corrected chi connectivity index (χ0v) is 25.0. The Kier molecular flexibility index (Phi) is 6.40. The van der Waals surface area contributed by atoms with Crippen LogP contribution in [0.15, 0.2) is 125 Å². The summed E-state index contributed by atoms with van der Waals surface area (Å²) in [7, 11) is 0. The lowest BCUT2D eigenvalue weighted by atomic mass is 9.85. The molecule has 0 saturated heterocycles. The lowest BCUT2D eigenvalue weighted by molar-refractivity contribution is 0.590. The topological polar surface area (TPSA) is 16.1 Å². The Labute approximate surface area is 250 Å². The Bertz CT molecular complexity index is 1910. The highest BCUT2D eigenvalue weighted by Gasteiger charge is 2.27. The van der Waals surface area contributed by atoms with E-state index < -0.39 is 0 Å². The van der Waals surface area contributed by atoms with Crippen molar-refractivity contribution in [2.24, 2.45) is 0 Å². The molecule has 4 heteroatoms. The first-order valence-electron chi connectivity index (χ1n) is 14.3. The lowest BCUT2D eigenvalue weighted by Crippen LogP contribution is -2.15. The van der Waals surface area contributed by atoms with Crippen LogP contribution < -0.4 is 4.90 Å². The minimum absolute atomic E-state index is 0.0637. The molecule has 0 spiro atoms. The highest BCUT2D eigenvalue weighted by Crippen LogP contribution is 2.53. The van der Waals surface area contributed by atoms with Crippen LogP contribution in [0, 0.1) is 12.7 Å². The number of benzene rings is 5. The number of fused-ring (bicyclic) bond motifs is 3. The van der Waals surface area contributed by atoms with Crippen LogP contribution in [0.4, 0.5) is 21.5 Å². The molecule has 0 aliphatic carbocycles. The third-order valence-corrected chi connectivity index (χ3v) is 9.15. The van der Waals surface area contributed by atoms with Gasteiger partial charge in [0.1, 0.15) is 5.82 Å². The Morgan fingerprint density at radius 2 is 1.26 bits per heavy atom. The summed E-state index contributed by atoms with van der Waals surface area (Å²) in [6.45, 7) is 8.87. The van der Waals surface area contributed by atoms with E-state index in [1.165, 1.54) is 27.5 Å². The zero-order valence-electron chi connectivity index (χ0n) is 24.2. The summed E-state index contributed by atoms with van der Waals surface area (Å²) in [6, 6.07) is 39.2. The van der Waals surface area contributed by atoms with Crippen LogP contribution in [0.3, 0.4) is 0 Å². The molecule has 1 aliphatic heterocycles. The van der Waals surface area contributed by atoms with Crippen molar-refractivity contribution in [1.82, 2.24) is 4.98 Å². The molecule has 0 unspecified atom stereocenters. The fourth-order valence-electron chi connectivity index (χ4n) is 5.79. The van der Waals surface area contributed by atoms with Crippen molar-refractivity contribution < 1.29 is 4.39 Å². The fourth-order valence-corrected chi connectivity index (χ4v) is 6.84. The van der Waals surface area contributed by atoms with Gasteiger partial charge in [0.25, 0.3) is 0 Å². The van der Waals surface area contributed by atoms with Crippen LogP contribution in [-0.2, 0) is 5.41 Å². The van der Waals surface area contributed by atoms with Gasteiger partial charge in [-0.3, -0.25) is 0 Å². The zero-order chi connectivity index (χ0) is 29.0. The van der Waals surface area contributed by atoms with E-state index in [4.69, 9.17) is 4.98 Å². The Morgan fingerprint density at radius 3 is 1.88 bits per heavy atom. The first-order valence-corrected chi connectivity index (χ1v) is 15.1. The molecule has 0 bridgehead atoms. The van der Waals surface area contributed by atoms with E-state index >= 15 is 0 Å². The van der Waals surface area contributed by atoms with E-state index in [0.717, 1.165) is 55.9 Å². The van der Waals surface area contributed by atoms with Crippen LogP contribution >= 0.6 is 11.8 Å². The van der Waals surface area contributed by atoms with Gasteiger partial charge in [0, 0.05) is 20.7 Å². The highest BCUT2D eigenvalue weighted by atomic mass is 32.2. The van der Waals surface area contributed by atoms with E-state index in [1.54, 1.807) is 11.8 Å². The first kappa shape index (κ1) is 26.5. The van der Waals surface area contributed by atoms with Crippen LogP contribution in [0.25, 0.3) is 33.3 Å². The molecule has 0 radical (unpaired) electrons. The lowest BCUT2D eigenvalue weighted by Gasteiger charge is -2.33. The largest absolute Gasteiger partial charge is 0.306 e. The molecule has 1 aliphatic rings. The Hall–Kier alpha value is -4.41. The van der Waals surface area contributed by atoms with Gasteiger partial charge in [0.15, 0.2) is 0 Å². The maximum atomic E-state index is 13.9. The van der Waals surface area contributed by atoms with E-state index in [9.17, 15) is 4.39 Å². The smallest absolute Gasteiger partial charge is 0.123 e. The number of para-hydroxylation sites is 2. The molecule has 0 saturated carbocycles. The number of rotatable bonds is 3. The average molecular weight is 567 g/mol. The molecule has 6 aromatic rings. The van der Waals surface area contributed by atoms with Gasteiger partial charge in [0.05, 0.1) is 28.3 Å². The van der Waals surface area contributed by atoms with Crippen molar-refractivity contribution in [1.29, 1.82) is 0 Å². The number of pyridine rings is 1. The predicted molar refractivity (Wildman–Crippen MR) is 175 cm³/mol. The maximum absolute atomic E-state index is 13.9. The molecule has 5 aromatic carbocycles. The van der Waals surface area contributed by atoms with Gasteiger partial charge >= 0.3 is 0 Å². The molecular weight excluding hydrogens is 535 g/mol. The fraction of sp³-hybridized carbons (Fsp3) is 0.132. The van der Waals surface area contributed by atoms with E-state index in [-0.39, 0.29) is 11.2 Å². The standard InChI is InChI=1S/C38H31FN2S/c1-24-13-22-33(41-31-9-5-7-11-34(31)42-35-12-8-6-10-32(35)41)37-36(24)29(25-14-18-27(19-15-25)38(2,3)4)23-30(40-37)26-16-20-28(39)21-17-26/h5-23H,1-4H3. The van der Waals surface area contributed by atoms with Crippen LogP contribution in [0.1, 0.15) is 31.9 Å². The summed E-state index contributed by atoms with van der Waals surface area (Å²) in [5.41, 5.74) is 10.7. The van der Waals surface area contributed by atoms with Gasteiger partial charge in [-0.05, 0) is 95.3 Å². The average Bonchev–Trinajstić information content (AvgIpc) is 3.00. The van der Waals surface area contributed by atoms with Gasteiger partial charge < -0.3 is 4.90 Å². The summed E-state index contributed by atoms with van der Waals surface area (Å²) in [5.74, 6) is -0.256. The summed E-state index contributed by atoms with van der Waals surface area (Å²) in [6.07, 6.45) is 0. The molecule has 0 N–H and O–H groups in total. The quantitative estimate of drug-likeness (QED) is 0.212. The SMILES string of the molecule is Cc1ccc(N2c3ccccc3Sc3ccccc32)c2nc(-c3ccc(F)cc3)cc(-c3ccc(C(C)(C)C)cc3)c12. The van der Waals surface area contributed by atoms with Gasteiger partial charge in [-0.2, -0.15) is 0 Å². The van der Waals surface area contributed by atoms with Crippen LogP contribution in [0.5, 0.6) is 0 Å². The van der Waals surface area contributed by atoms with Gasteiger partial charge in [-0.15, -0.1) is 0 Å². The van der Waals surface area contributed by atoms with Crippen LogP contribution in [-0.4, -0.2) is 4.98 Å². The van der Waals surface area contributed by atoms with Crippen molar-refractivity contribution in [2.75, 3.05) is 4.90 Å². The van der Waals surface area contributed by atoms with Gasteiger partial charge in [-0.25, -0.2) is 9.37 Å². The minimum atomic E-state index is -0.256. The highest BCUT2D eigenvalue weighted by molar-refractivity contribution is 7.99.